The summed E-state index contributed by atoms with van der Waals surface area (Å²) in [5, 5.41) is 12.3. The van der Waals surface area contributed by atoms with Crippen molar-refractivity contribution in [3.63, 3.8) is 0 Å². The number of carbonyl (C=O) groups is 1. The van der Waals surface area contributed by atoms with Gasteiger partial charge in [0.15, 0.2) is 0 Å². The second-order valence-electron chi connectivity index (χ2n) is 8.44. The SMILES string of the molecule is N=C(N)c1ccc(CNC(=O)c2cccc3c(NS(=O)(=O)c4cccc5cccnc45)cccc23)cc1. The highest BCUT2D eigenvalue weighted by Crippen LogP contribution is 2.29. The molecule has 0 aliphatic heterocycles. The monoisotopic (exact) mass is 509 g/mol. The lowest BCUT2D eigenvalue weighted by Crippen LogP contribution is -2.23. The van der Waals surface area contributed by atoms with Crippen LogP contribution in [0, 0.1) is 5.41 Å². The molecule has 9 heteroatoms. The van der Waals surface area contributed by atoms with Gasteiger partial charge in [0.05, 0.1) is 11.2 Å². The first-order chi connectivity index (χ1) is 17.8. The predicted octanol–water partition coefficient (Wildman–Crippen LogP) is 4.40. The van der Waals surface area contributed by atoms with Gasteiger partial charge < -0.3 is 11.1 Å². The van der Waals surface area contributed by atoms with Gasteiger partial charge >= 0.3 is 0 Å². The zero-order chi connectivity index (χ0) is 26.0. The molecular weight excluding hydrogens is 486 g/mol. The number of nitrogens with two attached hydrogens (primary N) is 1. The van der Waals surface area contributed by atoms with E-state index in [0.717, 1.165) is 10.9 Å². The van der Waals surface area contributed by atoms with E-state index in [2.05, 4.69) is 15.0 Å². The lowest BCUT2D eigenvalue weighted by atomic mass is 10.0. The van der Waals surface area contributed by atoms with Crippen molar-refractivity contribution in [3.05, 3.63) is 114 Å². The van der Waals surface area contributed by atoms with Gasteiger partial charge in [0, 0.05) is 34.6 Å². The van der Waals surface area contributed by atoms with Gasteiger partial charge in [-0.25, -0.2) is 8.42 Å². The van der Waals surface area contributed by atoms with Crippen molar-refractivity contribution in [3.8, 4) is 0 Å². The molecule has 184 valence electrons. The summed E-state index contributed by atoms with van der Waals surface area (Å²) >= 11 is 0. The maximum atomic E-state index is 13.4. The summed E-state index contributed by atoms with van der Waals surface area (Å²) < 4.78 is 29.4. The van der Waals surface area contributed by atoms with Crippen molar-refractivity contribution in [1.29, 1.82) is 5.41 Å². The minimum atomic E-state index is -3.96. The Morgan fingerprint density at radius 3 is 2.35 bits per heavy atom. The number of amidine groups is 1. The summed E-state index contributed by atoms with van der Waals surface area (Å²) in [6.07, 6.45) is 1.56. The van der Waals surface area contributed by atoms with Gasteiger partial charge in [-0.3, -0.25) is 19.9 Å². The zero-order valence-electron chi connectivity index (χ0n) is 19.6. The van der Waals surface area contributed by atoms with E-state index in [0.29, 0.717) is 33.1 Å². The van der Waals surface area contributed by atoms with Crippen LogP contribution < -0.4 is 15.8 Å². The molecule has 5 rings (SSSR count). The number of hydrogen-bond acceptors (Lipinski definition) is 5. The molecule has 0 unspecified atom stereocenters. The first-order valence-electron chi connectivity index (χ1n) is 11.4. The molecule has 0 atom stereocenters. The van der Waals surface area contributed by atoms with Crippen LogP contribution in [0.4, 0.5) is 5.69 Å². The quantitative estimate of drug-likeness (QED) is 0.190. The molecule has 0 radical (unpaired) electrons. The van der Waals surface area contributed by atoms with Gasteiger partial charge in [0.2, 0.25) is 0 Å². The highest BCUT2D eigenvalue weighted by molar-refractivity contribution is 7.93. The Morgan fingerprint density at radius 2 is 1.57 bits per heavy atom. The summed E-state index contributed by atoms with van der Waals surface area (Å²) in [5.74, 6) is -0.311. The first kappa shape index (κ1) is 24.0. The second kappa shape index (κ2) is 9.71. The van der Waals surface area contributed by atoms with Crippen LogP contribution in [0.1, 0.15) is 21.5 Å². The smallest absolute Gasteiger partial charge is 0.264 e. The number of nitrogens with zero attached hydrogens (tertiary/aromatic N) is 1. The zero-order valence-corrected chi connectivity index (χ0v) is 20.4. The molecule has 4 aromatic carbocycles. The molecule has 8 nitrogen and oxygen atoms in total. The number of rotatable bonds is 7. The highest BCUT2D eigenvalue weighted by atomic mass is 32.2. The molecule has 37 heavy (non-hydrogen) atoms. The normalized spacial score (nSPS) is 11.4. The fourth-order valence-corrected chi connectivity index (χ4v) is 5.43. The van der Waals surface area contributed by atoms with E-state index in [1.165, 1.54) is 6.07 Å². The van der Waals surface area contributed by atoms with Crippen LogP contribution in [0.15, 0.2) is 102 Å². The van der Waals surface area contributed by atoms with Crippen LogP contribution in [-0.2, 0) is 16.6 Å². The minimum absolute atomic E-state index is 0.0190. The molecule has 0 aliphatic rings. The fraction of sp³-hybridized carbons (Fsp3) is 0.0357. The average molecular weight is 510 g/mol. The number of aromatic nitrogens is 1. The maximum absolute atomic E-state index is 13.4. The van der Waals surface area contributed by atoms with Gasteiger partial charge in [-0.2, -0.15) is 0 Å². The molecule has 1 heterocycles. The van der Waals surface area contributed by atoms with Crippen molar-refractivity contribution in [1.82, 2.24) is 10.3 Å². The van der Waals surface area contributed by atoms with Gasteiger partial charge in [0.1, 0.15) is 10.7 Å². The summed E-state index contributed by atoms with van der Waals surface area (Å²) in [6, 6.07) is 26.0. The third kappa shape index (κ3) is 4.85. The number of para-hydroxylation sites is 1. The van der Waals surface area contributed by atoms with Crippen LogP contribution in [0.5, 0.6) is 0 Å². The van der Waals surface area contributed by atoms with Crippen LogP contribution in [0.3, 0.4) is 0 Å². The molecule has 1 aromatic heterocycles. The van der Waals surface area contributed by atoms with Gasteiger partial charge in [-0.05, 0) is 35.2 Å². The third-order valence-corrected chi connectivity index (χ3v) is 7.41. The van der Waals surface area contributed by atoms with Crippen molar-refractivity contribution < 1.29 is 13.2 Å². The van der Waals surface area contributed by atoms with E-state index in [1.54, 1.807) is 79.0 Å². The summed E-state index contributed by atoms with van der Waals surface area (Å²) in [4.78, 5) is 17.4. The molecule has 5 N–H and O–H groups in total. The number of benzene rings is 4. The lowest BCUT2D eigenvalue weighted by molar-refractivity contribution is 0.0952. The first-order valence-corrected chi connectivity index (χ1v) is 12.9. The van der Waals surface area contributed by atoms with E-state index in [1.807, 2.05) is 12.1 Å². The number of amides is 1. The second-order valence-corrected chi connectivity index (χ2v) is 10.1. The number of nitrogen functional groups attached to an aromatic ring is 1. The number of carbonyl (C=O) groups excluding carboxylic acids is 1. The van der Waals surface area contributed by atoms with E-state index < -0.39 is 10.0 Å². The third-order valence-electron chi connectivity index (χ3n) is 6.01. The predicted molar refractivity (Wildman–Crippen MR) is 145 cm³/mol. The standard InChI is InChI=1S/C28H23N5O3S/c29-27(30)20-14-12-18(13-15-20)17-32-28(34)23-9-2-8-22-21(23)7-3-10-24(22)33-37(35,36)25-11-1-5-19-6-4-16-31-26(19)25/h1-16,33H,17H2,(H3,29,30)(H,32,34). The topological polar surface area (TPSA) is 138 Å². The Morgan fingerprint density at radius 1 is 0.865 bits per heavy atom. The maximum Gasteiger partial charge on any atom is 0.264 e. The van der Waals surface area contributed by atoms with Gasteiger partial charge in [-0.15, -0.1) is 0 Å². The van der Waals surface area contributed by atoms with Crippen LogP contribution >= 0.6 is 0 Å². The van der Waals surface area contributed by atoms with Crippen LogP contribution in [-0.4, -0.2) is 25.1 Å². The molecular formula is C28H23N5O3S. The van der Waals surface area contributed by atoms with E-state index in [4.69, 9.17) is 11.1 Å². The number of hydrogen-bond donors (Lipinski definition) is 4. The van der Waals surface area contributed by atoms with E-state index in [-0.39, 0.29) is 23.2 Å². The van der Waals surface area contributed by atoms with Crippen LogP contribution in [0.25, 0.3) is 21.7 Å². The van der Waals surface area contributed by atoms with Crippen molar-refractivity contribution >= 4 is 49.1 Å². The molecule has 0 bridgehead atoms. The molecule has 1 amide bonds. The summed E-state index contributed by atoms with van der Waals surface area (Å²) in [5.41, 5.74) is 8.12. The Kier molecular flexibility index (Phi) is 6.29. The van der Waals surface area contributed by atoms with Crippen molar-refractivity contribution in [2.75, 3.05) is 4.72 Å². The fourth-order valence-electron chi connectivity index (χ4n) is 4.17. The lowest BCUT2D eigenvalue weighted by Gasteiger charge is -2.14. The van der Waals surface area contributed by atoms with E-state index >= 15 is 0 Å². The van der Waals surface area contributed by atoms with Crippen molar-refractivity contribution in [2.24, 2.45) is 5.73 Å². The average Bonchev–Trinajstić information content (AvgIpc) is 2.91. The molecule has 0 saturated heterocycles. The molecule has 5 aromatic rings. The summed E-state index contributed by atoms with van der Waals surface area (Å²) in [7, 11) is -3.96. The number of pyridine rings is 1. The Bertz CT molecular complexity index is 1760. The minimum Gasteiger partial charge on any atom is -0.384 e. The van der Waals surface area contributed by atoms with Gasteiger partial charge in [0.25, 0.3) is 15.9 Å². The van der Waals surface area contributed by atoms with Gasteiger partial charge in [-0.1, -0.05) is 66.7 Å². The Hall–Kier alpha value is -4.76. The Labute approximate surface area is 213 Å². The van der Waals surface area contributed by atoms with Crippen molar-refractivity contribution in [2.45, 2.75) is 11.4 Å². The number of sulfonamides is 1. The molecule has 0 saturated carbocycles. The number of fused-ring (bicyclic) bond motifs is 2. The summed E-state index contributed by atoms with van der Waals surface area (Å²) in [6.45, 7) is 0.286. The largest absolute Gasteiger partial charge is 0.384 e. The molecule has 0 aliphatic carbocycles. The highest BCUT2D eigenvalue weighted by Gasteiger charge is 2.20. The molecule has 0 fully saturated rings. The molecule has 0 spiro atoms. The number of nitrogens with one attached hydrogen (secondary N) is 3. The van der Waals surface area contributed by atoms with E-state index in [9.17, 15) is 13.2 Å². The Balaban J connectivity index is 1.43. The number of anilines is 1. The van der Waals surface area contributed by atoms with Crippen LogP contribution in [0.2, 0.25) is 0 Å².